The fourth-order valence-electron chi connectivity index (χ4n) is 2.73. The summed E-state index contributed by atoms with van der Waals surface area (Å²) in [4.78, 5) is 11.3. The zero-order chi connectivity index (χ0) is 15.5. The standard InChI is InChI=1S/C14H21NO4S2/c1-2-11-6-4-3-5-9-15(11)21(18,19)14-8-7-12(20-14)10-13(16)17/h7-8,11H,2-6,9-10H2,1H3,(H,16,17). The van der Waals surface area contributed by atoms with Crippen molar-refractivity contribution in [1.82, 2.24) is 4.31 Å². The third kappa shape index (κ3) is 3.84. The number of nitrogens with zero attached hydrogens (tertiary/aromatic N) is 1. The molecule has 1 unspecified atom stereocenters. The van der Waals surface area contributed by atoms with Gasteiger partial charge >= 0.3 is 5.97 Å². The van der Waals surface area contributed by atoms with Gasteiger partial charge in [0.05, 0.1) is 6.42 Å². The molecular formula is C14H21NO4S2. The van der Waals surface area contributed by atoms with Gasteiger partial charge < -0.3 is 5.11 Å². The van der Waals surface area contributed by atoms with Crippen LogP contribution in [-0.2, 0) is 21.2 Å². The minimum absolute atomic E-state index is 0.0579. The minimum atomic E-state index is -3.50. The third-order valence-electron chi connectivity index (χ3n) is 3.82. The van der Waals surface area contributed by atoms with E-state index in [4.69, 9.17) is 5.11 Å². The van der Waals surface area contributed by atoms with Gasteiger partial charge in [-0.25, -0.2) is 8.42 Å². The van der Waals surface area contributed by atoms with Crippen LogP contribution in [-0.4, -0.2) is 36.4 Å². The fourth-order valence-corrected chi connectivity index (χ4v) is 5.98. The van der Waals surface area contributed by atoms with E-state index in [9.17, 15) is 13.2 Å². The molecule has 0 aromatic carbocycles. The van der Waals surface area contributed by atoms with Crippen molar-refractivity contribution in [2.24, 2.45) is 0 Å². The second kappa shape index (κ2) is 6.89. The summed E-state index contributed by atoms with van der Waals surface area (Å²) in [5, 5.41) is 8.79. The Morgan fingerprint density at radius 2 is 2.14 bits per heavy atom. The maximum absolute atomic E-state index is 12.8. The largest absolute Gasteiger partial charge is 0.481 e. The first kappa shape index (κ1) is 16.5. The molecule has 1 N–H and O–H groups in total. The Hall–Kier alpha value is -0.920. The van der Waals surface area contributed by atoms with Crippen molar-refractivity contribution in [3.63, 3.8) is 0 Å². The fraction of sp³-hybridized carbons (Fsp3) is 0.643. The highest BCUT2D eigenvalue weighted by Crippen LogP contribution is 2.30. The molecule has 7 heteroatoms. The van der Waals surface area contributed by atoms with Crippen LogP contribution in [0.1, 0.15) is 43.9 Å². The topological polar surface area (TPSA) is 74.7 Å². The highest BCUT2D eigenvalue weighted by Gasteiger charge is 2.32. The lowest BCUT2D eigenvalue weighted by Gasteiger charge is -2.27. The molecule has 21 heavy (non-hydrogen) atoms. The molecule has 0 radical (unpaired) electrons. The SMILES string of the molecule is CCC1CCCCCN1S(=O)(=O)c1ccc(CC(=O)O)s1. The van der Waals surface area contributed by atoms with E-state index in [0.717, 1.165) is 43.4 Å². The molecule has 1 aliphatic rings. The van der Waals surface area contributed by atoms with Crippen molar-refractivity contribution in [3.05, 3.63) is 17.0 Å². The van der Waals surface area contributed by atoms with Crippen molar-refractivity contribution in [2.75, 3.05) is 6.54 Å². The van der Waals surface area contributed by atoms with E-state index in [1.54, 1.807) is 10.4 Å². The normalized spacial score (nSPS) is 21.1. The van der Waals surface area contributed by atoms with Crippen molar-refractivity contribution in [2.45, 2.75) is 55.7 Å². The first-order chi connectivity index (χ1) is 9.95. The molecule has 0 amide bonds. The number of aliphatic carboxylic acids is 1. The lowest BCUT2D eigenvalue weighted by Crippen LogP contribution is -2.39. The zero-order valence-electron chi connectivity index (χ0n) is 12.1. The van der Waals surface area contributed by atoms with Gasteiger partial charge in [0, 0.05) is 17.5 Å². The molecule has 1 aromatic rings. The maximum atomic E-state index is 12.8. The molecule has 1 saturated heterocycles. The molecule has 2 heterocycles. The third-order valence-corrected chi connectivity index (χ3v) is 7.32. The maximum Gasteiger partial charge on any atom is 0.308 e. The van der Waals surface area contributed by atoms with Crippen LogP contribution in [0.5, 0.6) is 0 Å². The molecular weight excluding hydrogens is 310 g/mol. The average molecular weight is 331 g/mol. The van der Waals surface area contributed by atoms with E-state index in [0.29, 0.717) is 11.4 Å². The predicted molar refractivity (Wildman–Crippen MR) is 82.1 cm³/mol. The monoisotopic (exact) mass is 331 g/mol. The summed E-state index contributed by atoms with van der Waals surface area (Å²) in [6.45, 7) is 2.58. The summed E-state index contributed by atoms with van der Waals surface area (Å²) in [6.07, 6.45) is 4.62. The van der Waals surface area contributed by atoms with Gasteiger partial charge in [0.2, 0.25) is 0 Å². The van der Waals surface area contributed by atoms with Crippen molar-refractivity contribution >= 4 is 27.3 Å². The van der Waals surface area contributed by atoms with Crippen LogP contribution in [0.25, 0.3) is 0 Å². The van der Waals surface area contributed by atoms with Crippen LogP contribution in [0.3, 0.4) is 0 Å². The quantitative estimate of drug-likeness (QED) is 0.900. The van der Waals surface area contributed by atoms with E-state index in [-0.39, 0.29) is 16.7 Å². The Bertz CT molecular complexity index is 594. The van der Waals surface area contributed by atoms with Gasteiger partial charge in [-0.05, 0) is 31.4 Å². The summed E-state index contributed by atoms with van der Waals surface area (Å²) in [5.74, 6) is -0.943. The van der Waals surface area contributed by atoms with Gasteiger partial charge in [-0.3, -0.25) is 4.79 Å². The van der Waals surface area contributed by atoms with Crippen LogP contribution < -0.4 is 0 Å². The Morgan fingerprint density at radius 1 is 1.38 bits per heavy atom. The van der Waals surface area contributed by atoms with Crippen LogP contribution in [0.2, 0.25) is 0 Å². The van der Waals surface area contributed by atoms with Gasteiger partial charge in [0.1, 0.15) is 4.21 Å². The lowest BCUT2D eigenvalue weighted by atomic mass is 10.1. The molecule has 2 rings (SSSR count). The van der Waals surface area contributed by atoms with Gasteiger partial charge in [-0.1, -0.05) is 19.8 Å². The molecule has 1 atom stereocenters. The first-order valence-electron chi connectivity index (χ1n) is 7.27. The Morgan fingerprint density at radius 3 is 2.81 bits per heavy atom. The number of carboxylic acids is 1. The number of hydrogen-bond acceptors (Lipinski definition) is 4. The number of sulfonamides is 1. The van der Waals surface area contributed by atoms with Gasteiger partial charge in [0.25, 0.3) is 10.0 Å². The zero-order valence-corrected chi connectivity index (χ0v) is 13.8. The smallest absolute Gasteiger partial charge is 0.308 e. The Balaban J connectivity index is 2.26. The van der Waals surface area contributed by atoms with Crippen molar-refractivity contribution in [1.29, 1.82) is 0 Å². The highest BCUT2D eigenvalue weighted by atomic mass is 32.2. The predicted octanol–water partition coefficient (Wildman–Crippen LogP) is 2.72. The molecule has 118 valence electrons. The number of hydrogen-bond donors (Lipinski definition) is 1. The Labute approximate surface area is 129 Å². The van der Waals surface area contributed by atoms with Gasteiger partial charge in [-0.2, -0.15) is 4.31 Å². The number of rotatable bonds is 5. The second-order valence-electron chi connectivity index (χ2n) is 5.32. The Kier molecular flexibility index (Phi) is 5.40. The summed E-state index contributed by atoms with van der Waals surface area (Å²) in [7, 11) is -3.50. The minimum Gasteiger partial charge on any atom is -0.481 e. The van der Waals surface area contributed by atoms with E-state index < -0.39 is 16.0 Å². The molecule has 0 bridgehead atoms. The van der Waals surface area contributed by atoms with Crippen LogP contribution in [0.4, 0.5) is 0 Å². The molecule has 1 aromatic heterocycles. The van der Waals surface area contributed by atoms with Crippen molar-refractivity contribution in [3.8, 4) is 0 Å². The highest BCUT2D eigenvalue weighted by molar-refractivity contribution is 7.91. The van der Waals surface area contributed by atoms with Crippen LogP contribution in [0, 0.1) is 0 Å². The van der Waals surface area contributed by atoms with Gasteiger partial charge in [-0.15, -0.1) is 11.3 Å². The average Bonchev–Trinajstić information content (AvgIpc) is 2.74. The van der Waals surface area contributed by atoms with E-state index in [1.165, 1.54) is 6.07 Å². The summed E-state index contributed by atoms with van der Waals surface area (Å²) >= 11 is 1.07. The van der Waals surface area contributed by atoms with Crippen molar-refractivity contribution < 1.29 is 18.3 Å². The summed E-state index contributed by atoms with van der Waals surface area (Å²) in [5.41, 5.74) is 0. The number of carboxylic acid groups (broad SMARTS) is 1. The van der Waals surface area contributed by atoms with E-state index >= 15 is 0 Å². The molecule has 0 spiro atoms. The number of thiophene rings is 1. The van der Waals surface area contributed by atoms with Gasteiger partial charge in [0.15, 0.2) is 0 Å². The first-order valence-corrected chi connectivity index (χ1v) is 9.53. The molecule has 5 nitrogen and oxygen atoms in total. The lowest BCUT2D eigenvalue weighted by molar-refractivity contribution is -0.136. The molecule has 0 aliphatic carbocycles. The van der Waals surface area contributed by atoms with Crippen LogP contribution >= 0.6 is 11.3 Å². The summed E-state index contributed by atoms with van der Waals surface area (Å²) in [6, 6.07) is 3.20. The van der Waals surface area contributed by atoms with E-state index in [1.807, 2.05) is 6.92 Å². The van der Waals surface area contributed by atoms with E-state index in [2.05, 4.69) is 0 Å². The number of carbonyl (C=O) groups is 1. The molecule has 1 fully saturated rings. The van der Waals surface area contributed by atoms with Crippen LogP contribution in [0.15, 0.2) is 16.3 Å². The molecule has 1 aliphatic heterocycles. The molecule has 0 saturated carbocycles. The second-order valence-corrected chi connectivity index (χ2v) is 8.60. The summed E-state index contributed by atoms with van der Waals surface area (Å²) < 4.78 is 27.5.